The number of carboxylic acid groups (broad SMARTS) is 1. The summed E-state index contributed by atoms with van der Waals surface area (Å²) in [5.41, 5.74) is 0.874. The summed E-state index contributed by atoms with van der Waals surface area (Å²) in [6.45, 7) is -0.632. The summed E-state index contributed by atoms with van der Waals surface area (Å²) >= 11 is 2.72. The Kier molecular flexibility index (Phi) is 4.94. The lowest BCUT2D eigenvalue weighted by Gasteiger charge is -2.10. The number of fused-ring (bicyclic) bond motifs is 1. The number of hydrogen-bond acceptors (Lipinski definition) is 6. The molecule has 1 aromatic carbocycles. The second kappa shape index (κ2) is 6.69. The summed E-state index contributed by atoms with van der Waals surface area (Å²) < 4.78 is 1.78. The molecule has 0 spiro atoms. The van der Waals surface area contributed by atoms with E-state index in [0.29, 0.717) is 0 Å². The summed E-state index contributed by atoms with van der Waals surface area (Å²) in [6.07, 6.45) is 0. The Hall–Kier alpha value is -1.64. The third kappa shape index (κ3) is 3.69. The van der Waals surface area contributed by atoms with Crippen LogP contribution in [0.5, 0.6) is 0 Å². The molecule has 1 unspecified atom stereocenters. The number of aliphatic hydroxyl groups is 1. The maximum atomic E-state index is 11.6. The molecule has 1 heterocycles. The Labute approximate surface area is 122 Å². The molecule has 0 saturated carbocycles. The van der Waals surface area contributed by atoms with Gasteiger partial charge in [-0.25, -0.2) is 9.78 Å². The highest BCUT2D eigenvalue weighted by atomic mass is 32.2. The maximum Gasteiger partial charge on any atom is 0.328 e. The molecule has 3 N–H and O–H groups in total. The first-order chi connectivity index (χ1) is 9.60. The van der Waals surface area contributed by atoms with Crippen LogP contribution in [0.15, 0.2) is 28.6 Å². The Morgan fingerprint density at radius 1 is 1.40 bits per heavy atom. The smallest absolute Gasteiger partial charge is 0.328 e. The minimum absolute atomic E-state index is 0.0591. The standard InChI is InChI=1S/C12H12N2O4S2/c15-5-8(11(17)18)13-10(16)6-19-12-14-7-3-1-2-4-9(7)20-12/h1-4,8,15H,5-6H2,(H,13,16)(H,17,18). The van der Waals surface area contributed by atoms with E-state index in [1.807, 2.05) is 24.3 Å². The number of carboxylic acids is 1. The fraction of sp³-hybridized carbons (Fsp3) is 0.250. The molecule has 2 rings (SSSR count). The van der Waals surface area contributed by atoms with Crippen LogP contribution in [0.3, 0.4) is 0 Å². The number of aliphatic hydroxyl groups excluding tert-OH is 1. The number of carbonyl (C=O) groups is 2. The third-order valence-electron chi connectivity index (χ3n) is 2.42. The van der Waals surface area contributed by atoms with E-state index in [-0.39, 0.29) is 5.75 Å². The molecule has 0 aliphatic rings. The van der Waals surface area contributed by atoms with Crippen LogP contribution in [-0.4, -0.2) is 45.5 Å². The number of nitrogens with one attached hydrogen (secondary N) is 1. The zero-order valence-corrected chi connectivity index (χ0v) is 11.9. The lowest BCUT2D eigenvalue weighted by Crippen LogP contribution is -2.44. The molecule has 1 amide bonds. The van der Waals surface area contributed by atoms with Gasteiger partial charge in [0.05, 0.1) is 22.6 Å². The van der Waals surface area contributed by atoms with Crippen molar-refractivity contribution in [2.24, 2.45) is 0 Å². The molecule has 0 saturated heterocycles. The fourth-order valence-electron chi connectivity index (χ4n) is 1.46. The van der Waals surface area contributed by atoms with Crippen LogP contribution in [0.1, 0.15) is 0 Å². The van der Waals surface area contributed by atoms with Crippen molar-refractivity contribution in [2.45, 2.75) is 10.4 Å². The number of carbonyl (C=O) groups excluding carboxylic acids is 1. The van der Waals surface area contributed by atoms with Crippen LogP contribution in [-0.2, 0) is 9.59 Å². The number of aromatic nitrogens is 1. The molecule has 0 radical (unpaired) electrons. The molecule has 1 aromatic heterocycles. The summed E-state index contributed by atoms with van der Waals surface area (Å²) in [6, 6.07) is 6.38. The van der Waals surface area contributed by atoms with Crippen molar-refractivity contribution in [1.82, 2.24) is 10.3 Å². The molecule has 0 aliphatic heterocycles. The van der Waals surface area contributed by atoms with Crippen LogP contribution in [0, 0.1) is 0 Å². The van der Waals surface area contributed by atoms with E-state index < -0.39 is 24.5 Å². The largest absolute Gasteiger partial charge is 0.480 e. The summed E-state index contributed by atoms with van der Waals surface area (Å²) in [4.78, 5) is 26.6. The monoisotopic (exact) mass is 312 g/mol. The van der Waals surface area contributed by atoms with Gasteiger partial charge in [-0.05, 0) is 12.1 Å². The average Bonchev–Trinajstić information content (AvgIpc) is 2.85. The number of thioether (sulfide) groups is 1. The van der Waals surface area contributed by atoms with Crippen LogP contribution >= 0.6 is 23.1 Å². The Bertz CT molecular complexity index is 596. The molecule has 2 aromatic rings. The highest BCUT2D eigenvalue weighted by Crippen LogP contribution is 2.28. The SMILES string of the molecule is O=C(CSc1nc2ccccc2s1)NC(CO)C(=O)O. The fourth-order valence-corrected chi connectivity index (χ4v) is 3.34. The Morgan fingerprint density at radius 3 is 2.80 bits per heavy atom. The van der Waals surface area contributed by atoms with Gasteiger partial charge in [-0.1, -0.05) is 23.9 Å². The van der Waals surface area contributed by atoms with Crippen LogP contribution < -0.4 is 5.32 Å². The predicted octanol–water partition coefficient (Wildman–Crippen LogP) is 0.950. The third-order valence-corrected chi connectivity index (χ3v) is 4.60. The molecule has 106 valence electrons. The molecular weight excluding hydrogens is 300 g/mol. The number of benzene rings is 1. The van der Waals surface area contributed by atoms with Crippen molar-refractivity contribution in [3.05, 3.63) is 24.3 Å². The average molecular weight is 312 g/mol. The van der Waals surface area contributed by atoms with Gasteiger partial charge in [0.1, 0.15) is 6.04 Å². The Morgan fingerprint density at radius 2 is 2.15 bits per heavy atom. The molecule has 0 fully saturated rings. The molecule has 0 aliphatic carbocycles. The van der Waals surface area contributed by atoms with Crippen molar-refractivity contribution in [3.8, 4) is 0 Å². The van der Waals surface area contributed by atoms with Crippen molar-refractivity contribution in [2.75, 3.05) is 12.4 Å². The van der Waals surface area contributed by atoms with Gasteiger partial charge in [-0.2, -0.15) is 0 Å². The molecular formula is C12H12N2O4S2. The van der Waals surface area contributed by atoms with Gasteiger partial charge in [0.25, 0.3) is 0 Å². The van der Waals surface area contributed by atoms with Gasteiger partial charge in [0.15, 0.2) is 4.34 Å². The lowest BCUT2D eigenvalue weighted by atomic mass is 10.3. The molecule has 8 heteroatoms. The van der Waals surface area contributed by atoms with Crippen molar-refractivity contribution >= 4 is 45.2 Å². The van der Waals surface area contributed by atoms with Crippen LogP contribution in [0.4, 0.5) is 0 Å². The van der Waals surface area contributed by atoms with Crippen molar-refractivity contribution in [3.63, 3.8) is 0 Å². The molecule has 20 heavy (non-hydrogen) atoms. The zero-order valence-electron chi connectivity index (χ0n) is 10.3. The minimum Gasteiger partial charge on any atom is -0.480 e. The number of thiazole rings is 1. The van der Waals surface area contributed by atoms with Gasteiger partial charge in [-0.3, -0.25) is 4.79 Å². The summed E-state index contributed by atoms with van der Waals surface area (Å²) in [5.74, 6) is -1.65. The topological polar surface area (TPSA) is 99.5 Å². The first-order valence-corrected chi connectivity index (χ1v) is 7.51. The predicted molar refractivity (Wildman–Crippen MR) is 77.0 cm³/mol. The Balaban J connectivity index is 1.91. The van der Waals surface area contributed by atoms with Gasteiger partial charge in [0.2, 0.25) is 5.91 Å². The second-order valence-electron chi connectivity index (χ2n) is 3.88. The number of amides is 1. The zero-order chi connectivity index (χ0) is 14.5. The van der Waals surface area contributed by atoms with Gasteiger partial charge in [0, 0.05) is 0 Å². The lowest BCUT2D eigenvalue weighted by molar-refractivity contribution is -0.142. The van der Waals surface area contributed by atoms with E-state index in [0.717, 1.165) is 14.6 Å². The highest BCUT2D eigenvalue weighted by Gasteiger charge is 2.18. The number of aliphatic carboxylic acids is 1. The van der Waals surface area contributed by atoms with E-state index in [9.17, 15) is 9.59 Å². The summed E-state index contributed by atoms with van der Waals surface area (Å²) in [7, 11) is 0. The van der Waals surface area contributed by atoms with E-state index >= 15 is 0 Å². The summed E-state index contributed by atoms with van der Waals surface area (Å²) in [5, 5.41) is 19.8. The molecule has 1 atom stereocenters. The van der Waals surface area contributed by atoms with E-state index in [2.05, 4.69) is 10.3 Å². The quantitative estimate of drug-likeness (QED) is 0.687. The molecule has 0 bridgehead atoms. The molecule has 6 nitrogen and oxygen atoms in total. The first kappa shape index (κ1) is 14.8. The highest BCUT2D eigenvalue weighted by molar-refractivity contribution is 8.01. The number of nitrogens with zero attached hydrogens (tertiary/aromatic N) is 1. The van der Waals surface area contributed by atoms with Crippen molar-refractivity contribution < 1.29 is 19.8 Å². The first-order valence-electron chi connectivity index (χ1n) is 5.71. The van der Waals surface area contributed by atoms with Crippen LogP contribution in [0.25, 0.3) is 10.2 Å². The van der Waals surface area contributed by atoms with Crippen molar-refractivity contribution in [1.29, 1.82) is 0 Å². The van der Waals surface area contributed by atoms with E-state index in [4.69, 9.17) is 10.2 Å². The normalized spacial score (nSPS) is 12.2. The van der Waals surface area contributed by atoms with E-state index in [1.54, 1.807) is 0 Å². The number of para-hydroxylation sites is 1. The maximum absolute atomic E-state index is 11.6. The van der Waals surface area contributed by atoms with Crippen LogP contribution in [0.2, 0.25) is 0 Å². The second-order valence-corrected chi connectivity index (χ2v) is 6.13. The van der Waals surface area contributed by atoms with Gasteiger partial charge >= 0.3 is 5.97 Å². The van der Waals surface area contributed by atoms with Gasteiger partial charge < -0.3 is 15.5 Å². The van der Waals surface area contributed by atoms with Gasteiger partial charge in [-0.15, -0.1) is 11.3 Å². The van der Waals surface area contributed by atoms with E-state index in [1.165, 1.54) is 23.1 Å². The minimum atomic E-state index is -1.27. The number of hydrogen-bond donors (Lipinski definition) is 3. The number of rotatable bonds is 6.